The normalized spacial score (nSPS) is 17.7. The largest absolute Gasteiger partial charge is 0.476 e. The number of ether oxygens (including phenoxy) is 1. The molecule has 1 fully saturated rings. The molecule has 100 valence electrons. The van der Waals surface area contributed by atoms with Gasteiger partial charge < -0.3 is 15.8 Å². The van der Waals surface area contributed by atoms with Gasteiger partial charge in [-0.25, -0.2) is 0 Å². The van der Waals surface area contributed by atoms with Gasteiger partial charge in [0.2, 0.25) is 5.88 Å². The van der Waals surface area contributed by atoms with E-state index in [2.05, 4.69) is 24.1 Å². The molecule has 1 heterocycles. The van der Waals surface area contributed by atoms with E-state index in [1.807, 2.05) is 12.1 Å². The second-order valence-electron chi connectivity index (χ2n) is 5.33. The fraction of sp³-hybridized carbons (Fsp3) is 0.643. The Kier molecular flexibility index (Phi) is 3.94. The first kappa shape index (κ1) is 13.0. The first-order valence-corrected chi connectivity index (χ1v) is 6.80. The lowest BCUT2D eigenvalue weighted by atomic mass is 10.0. The Labute approximate surface area is 109 Å². The monoisotopic (exact) mass is 249 g/mol. The Morgan fingerprint density at radius 2 is 2.11 bits per heavy atom. The minimum Gasteiger partial charge on any atom is -0.476 e. The van der Waals surface area contributed by atoms with Gasteiger partial charge in [0.25, 0.3) is 0 Å². The first-order chi connectivity index (χ1) is 8.63. The molecule has 1 aliphatic rings. The Hall–Kier alpha value is -1.45. The van der Waals surface area contributed by atoms with Crippen LogP contribution in [0, 0.1) is 0 Å². The van der Waals surface area contributed by atoms with Crippen molar-refractivity contribution in [3.05, 3.63) is 12.1 Å². The van der Waals surface area contributed by atoms with E-state index in [1.165, 1.54) is 25.7 Å². The molecule has 0 aromatic carbocycles. The van der Waals surface area contributed by atoms with Crippen LogP contribution in [0.15, 0.2) is 12.1 Å². The summed E-state index contributed by atoms with van der Waals surface area (Å²) in [5, 5.41) is 3.51. The third-order valence-electron chi connectivity index (χ3n) is 3.47. The van der Waals surface area contributed by atoms with Gasteiger partial charge in [-0.3, -0.25) is 0 Å². The van der Waals surface area contributed by atoms with Crippen LogP contribution in [-0.2, 0) is 0 Å². The lowest BCUT2D eigenvalue weighted by molar-refractivity contribution is 0.307. The van der Waals surface area contributed by atoms with Crippen molar-refractivity contribution in [3.63, 3.8) is 0 Å². The summed E-state index contributed by atoms with van der Waals surface area (Å²) in [7, 11) is 0. The summed E-state index contributed by atoms with van der Waals surface area (Å²) < 4.78 is 5.55. The summed E-state index contributed by atoms with van der Waals surface area (Å²) in [4.78, 5) is 4.46. The summed E-state index contributed by atoms with van der Waals surface area (Å²) in [6.07, 6.45) is 5.93. The fourth-order valence-electron chi connectivity index (χ4n) is 2.42. The van der Waals surface area contributed by atoms with Crippen molar-refractivity contribution in [3.8, 4) is 5.88 Å². The molecule has 1 aliphatic carbocycles. The molecule has 0 spiro atoms. The summed E-state index contributed by atoms with van der Waals surface area (Å²) in [6.45, 7) is 4.97. The minimum absolute atomic E-state index is 0.172. The molecule has 0 unspecified atom stereocenters. The van der Waals surface area contributed by atoms with E-state index in [-0.39, 0.29) is 5.54 Å². The van der Waals surface area contributed by atoms with Crippen LogP contribution < -0.4 is 15.8 Å². The fourth-order valence-corrected chi connectivity index (χ4v) is 2.42. The first-order valence-electron chi connectivity index (χ1n) is 6.80. The second kappa shape index (κ2) is 5.46. The van der Waals surface area contributed by atoms with Crippen molar-refractivity contribution in [1.29, 1.82) is 0 Å². The third-order valence-corrected chi connectivity index (χ3v) is 3.47. The summed E-state index contributed by atoms with van der Waals surface area (Å²) in [6, 6.07) is 3.79. The van der Waals surface area contributed by atoms with E-state index < -0.39 is 0 Å². The predicted octanol–water partition coefficient (Wildman–Crippen LogP) is 3.20. The minimum atomic E-state index is 0.172. The molecule has 0 aliphatic heterocycles. The van der Waals surface area contributed by atoms with Gasteiger partial charge in [-0.05, 0) is 38.3 Å². The number of nitrogens with two attached hydrogens (primary N) is 1. The van der Waals surface area contributed by atoms with Crippen LogP contribution in [0.25, 0.3) is 0 Å². The Bertz CT molecular complexity index is 400. The Balaban J connectivity index is 2.08. The Morgan fingerprint density at radius 1 is 1.39 bits per heavy atom. The SMILES string of the molecule is CCCOc1nc(NC2(C)CCCC2)ccc1N. The molecule has 3 N–H and O–H groups in total. The average molecular weight is 249 g/mol. The molecule has 1 aromatic heterocycles. The maximum absolute atomic E-state index is 5.86. The van der Waals surface area contributed by atoms with Crippen molar-refractivity contribution in [2.45, 2.75) is 51.5 Å². The summed E-state index contributed by atoms with van der Waals surface area (Å²) in [5.74, 6) is 1.41. The number of anilines is 2. The maximum Gasteiger partial charge on any atom is 0.239 e. The van der Waals surface area contributed by atoms with Gasteiger partial charge in [-0.2, -0.15) is 4.98 Å². The molecule has 2 rings (SSSR count). The molecule has 0 amide bonds. The van der Waals surface area contributed by atoms with Crippen molar-refractivity contribution >= 4 is 11.5 Å². The highest BCUT2D eigenvalue weighted by Gasteiger charge is 2.28. The molecule has 4 nitrogen and oxygen atoms in total. The maximum atomic E-state index is 5.86. The van der Waals surface area contributed by atoms with Crippen LogP contribution in [0.3, 0.4) is 0 Å². The lowest BCUT2D eigenvalue weighted by Crippen LogP contribution is -2.31. The van der Waals surface area contributed by atoms with Gasteiger partial charge in [0, 0.05) is 5.54 Å². The number of nitrogens with one attached hydrogen (secondary N) is 1. The van der Waals surface area contributed by atoms with Crippen LogP contribution in [-0.4, -0.2) is 17.1 Å². The van der Waals surface area contributed by atoms with Crippen LogP contribution in [0.4, 0.5) is 11.5 Å². The number of pyridine rings is 1. The van der Waals surface area contributed by atoms with E-state index in [9.17, 15) is 0 Å². The smallest absolute Gasteiger partial charge is 0.239 e. The quantitative estimate of drug-likeness (QED) is 0.841. The highest BCUT2D eigenvalue weighted by atomic mass is 16.5. The van der Waals surface area contributed by atoms with Gasteiger partial charge in [-0.1, -0.05) is 19.8 Å². The zero-order chi connectivity index (χ0) is 13.0. The van der Waals surface area contributed by atoms with Crippen LogP contribution in [0.5, 0.6) is 5.88 Å². The van der Waals surface area contributed by atoms with E-state index in [4.69, 9.17) is 10.5 Å². The molecule has 1 saturated carbocycles. The topological polar surface area (TPSA) is 60.2 Å². The zero-order valence-corrected chi connectivity index (χ0v) is 11.3. The van der Waals surface area contributed by atoms with E-state index >= 15 is 0 Å². The highest BCUT2D eigenvalue weighted by Crippen LogP contribution is 2.33. The molecule has 0 bridgehead atoms. The van der Waals surface area contributed by atoms with Crippen LogP contribution >= 0.6 is 0 Å². The average Bonchev–Trinajstić information content (AvgIpc) is 2.76. The second-order valence-corrected chi connectivity index (χ2v) is 5.33. The van der Waals surface area contributed by atoms with Gasteiger partial charge in [0.15, 0.2) is 0 Å². The molecular formula is C14H23N3O. The van der Waals surface area contributed by atoms with E-state index in [0.29, 0.717) is 18.2 Å². The van der Waals surface area contributed by atoms with Crippen LogP contribution in [0.2, 0.25) is 0 Å². The third kappa shape index (κ3) is 3.06. The van der Waals surface area contributed by atoms with Crippen molar-refractivity contribution in [2.75, 3.05) is 17.7 Å². The lowest BCUT2D eigenvalue weighted by Gasteiger charge is -2.26. The van der Waals surface area contributed by atoms with Crippen molar-refractivity contribution in [2.24, 2.45) is 0 Å². The number of hydrogen-bond donors (Lipinski definition) is 2. The van der Waals surface area contributed by atoms with Gasteiger partial charge >= 0.3 is 0 Å². The number of nitrogens with zero attached hydrogens (tertiary/aromatic N) is 1. The van der Waals surface area contributed by atoms with Crippen molar-refractivity contribution in [1.82, 2.24) is 4.98 Å². The number of nitrogen functional groups attached to an aromatic ring is 1. The predicted molar refractivity (Wildman–Crippen MR) is 74.9 cm³/mol. The van der Waals surface area contributed by atoms with Gasteiger partial charge in [0.1, 0.15) is 5.82 Å². The molecular weight excluding hydrogens is 226 g/mol. The summed E-state index contributed by atoms with van der Waals surface area (Å²) >= 11 is 0. The number of rotatable bonds is 5. The van der Waals surface area contributed by atoms with Crippen LogP contribution in [0.1, 0.15) is 46.0 Å². The number of aromatic nitrogens is 1. The highest BCUT2D eigenvalue weighted by molar-refractivity contribution is 5.54. The standard InChI is InChI=1S/C14H23N3O/c1-3-10-18-13-11(15)6-7-12(16-13)17-14(2)8-4-5-9-14/h6-7H,3-5,8-10,15H2,1-2H3,(H,16,17). The molecule has 1 aromatic rings. The van der Waals surface area contributed by atoms with E-state index in [0.717, 1.165) is 12.2 Å². The van der Waals surface area contributed by atoms with Gasteiger partial charge in [0.05, 0.1) is 12.3 Å². The molecule has 0 radical (unpaired) electrons. The van der Waals surface area contributed by atoms with Crippen molar-refractivity contribution < 1.29 is 4.74 Å². The molecule has 18 heavy (non-hydrogen) atoms. The molecule has 0 saturated heterocycles. The van der Waals surface area contributed by atoms with E-state index in [1.54, 1.807) is 0 Å². The Morgan fingerprint density at radius 3 is 2.78 bits per heavy atom. The zero-order valence-electron chi connectivity index (χ0n) is 11.3. The summed E-state index contributed by atoms with van der Waals surface area (Å²) in [5.41, 5.74) is 6.63. The van der Waals surface area contributed by atoms with Gasteiger partial charge in [-0.15, -0.1) is 0 Å². The number of hydrogen-bond acceptors (Lipinski definition) is 4. The molecule has 0 atom stereocenters. The molecule has 4 heteroatoms.